The van der Waals surface area contributed by atoms with Gasteiger partial charge in [0.1, 0.15) is 11.5 Å². The van der Waals surface area contributed by atoms with Crippen molar-refractivity contribution in [1.82, 2.24) is 0 Å². The van der Waals surface area contributed by atoms with Crippen LogP contribution in [0.5, 0.6) is 11.5 Å². The summed E-state index contributed by atoms with van der Waals surface area (Å²) >= 11 is 0. The van der Waals surface area contributed by atoms with Gasteiger partial charge in [0.15, 0.2) is 5.78 Å². The molecule has 4 N–H and O–H groups in total. The van der Waals surface area contributed by atoms with Gasteiger partial charge in [0, 0.05) is 6.07 Å². The van der Waals surface area contributed by atoms with Crippen LogP contribution in [-0.2, 0) is 0 Å². The number of ketones is 1. The van der Waals surface area contributed by atoms with Crippen LogP contribution in [0.15, 0.2) is 18.2 Å². The van der Waals surface area contributed by atoms with Gasteiger partial charge in [-0.1, -0.05) is 0 Å². The summed E-state index contributed by atoms with van der Waals surface area (Å²) in [5, 5.41) is 18.0. The lowest BCUT2D eigenvalue weighted by Gasteiger charge is -2.01. The predicted octanol–water partition coefficient (Wildman–Crippen LogP) is 0.239. The van der Waals surface area contributed by atoms with Gasteiger partial charge in [-0.25, -0.2) is 0 Å². The SMILES string of the molecule is NCC(=O)c1ccc(O)cc1O. The molecule has 0 bridgehead atoms. The molecule has 0 unspecified atom stereocenters. The van der Waals surface area contributed by atoms with Crippen molar-refractivity contribution in [3.63, 3.8) is 0 Å². The van der Waals surface area contributed by atoms with Crippen LogP contribution in [0.2, 0.25) is 0 Å². The molecule has 4 nitrogen and oxygen atoms in total. The van der Waals surface area contributed by atoms with E-state index in [1.807, 2.05) is 0 Å². The Hall–Kier alpha value is -1.55. The molecular weight excluding hydrogens is 158 g/mol. The fourth-order valence-electron chi connectivity index (χ4n) is 0.866. The monoisotopic (exact) mass is 167 g/mol. The molecule has 1 aromatic rings. The number of rotatable bonds is 2. The van der Waals surface area contributed by atoms with E-state index in [1.165, 1.54) is 12.1 Å². The lowest BCUT2D eigenvalue weighted by atomic mass is 10.1. The van der Waals surface area contributed by atoms with Gasteiger partial charge in [-0.05, 0) is 12.1 Å². The maximum absolute atomic E-state index is 11.0. The molecule has 64 valence electrons. The summed E-state index contributed by atoms with van der Waals surface area (Å²) in [6.45, 7) is -0.154. The number of carbonyl (C=O) groups excluding carboxylic acids is 1. The van der Waals surface area contributed by atoms with Crippen LogP contribution in [-0.4, -0.2) is 22.5 Å². The molecule has 0 aliphatic heterocycles. The molecule has 1 aromatic carbocycles. The molecule has 0 spiro atoms. The fourth-order valence-corrected chi connectivity index (χ4v) is 0.866. The van der Waals surface area contributed by atoms with E-state index in [0.717, 1.165) is 6.07 Å². The largest absolute Gasteiger partial charge is 0.508 e. The van der Waals surface area contributed by atoms with Crippen molar-refractivity contribution in [3.8, 4) is 11.5 Å². The minimum atomic E-state index is -0.354. The summed E-state index contributed by atoms with van der Waals surface area (Å²) in [4.78, 5) is 11.0. The summed E-state index contributed by atoms with van der Waals surface area (Å²) in [5.41, 5.74) is 5.22. The summed E-state index contributed by atoms with van der Waals surface area (Å²) < 4.78 is 0. The zero-order valence-corrected chi connectivity index (χ0v) is 6.32. The molecule has 0 atom stereocenters. The molecule has 0 aliphatic carbocycles. The second-order valence-corrected chi connectivity index (χ2v) is 2.33. The predicted molar refractivity (Wildman–Crippen MR) is 43.2 cm³/mol. The average molecular weight is 167 g/mol. The number of Topliss-reactive ketones (excluding diaryl/α,β-unsaturated/α-hetero) is 1. The Morgan fingerprint density at radius 1 is 1.42 bits per heavy atom. The smallest absolute Gasteiger partial charge is 0.180 e. The van der Waals surface area contributed by atoms with E-state index < -0.39 is 0 Å². The Labute approximate surface area is 69.3 Å². The first-order valence-electron chi connectivity index (χ1n) is 3.40. The molecule has 0 fully saturated rings. The summed E-state index contributed by atoms with van der Waals surface area (Å²) in [7, 11) is 0. The third-order valence-electron chi connectivity index (χ3n) is 1.47. The van der Waals surface area contributed by atoms with Crippen molar-refractivity contribution in [3.05, 3.63) is 23.8 Å². The molecule has 4 heteroatoms. The maximum Gasteiger partial charge on any atom is 0.180 e. The Bertz CT molecular complexity index is 309. The van der Waals surface area contributed by atoms with Gasteiger partial charge in [-0.3, -0.25) is 4.79 Å². The van der Waals surface area contributed by atoms with E-state index in [4.69, 9.17) is 15.9 Å². The number of benzene rings is 1. The standard InChI is InChI=1S/C8H9NO3/c9-4-8(12)6-2-1-5(10)3-7(6)11/h1-3,10-11H,4,9H2. The Balaban J connectivity index is 3.09. The van der Waals surface area contributed by atoms with Crippen molar-refractivity contribution < 1.29 is 15.0 Å². The van der Waals surface area contributed by atoms with E-state index in [1.54, 1.807) is 0 Å². The molecule has 0 aliphatic rings. The quantitative estimate of drug-likeness (QED) is 0.551. The van der Waals surface area contributed by atoms with E-state index >= 15 is 0 Å². The molecule has 0 radical (unpaired) electrons. The highest BCUT2D eigenvalue weighted by atomic mass is 16.3. The van der Waals surface area contributed by atoms with Gasteiger partial charge in [-0.2, -0.15) is 0 Å². The van der Waals surface area contributed by atoms with E-state index in [0.29, 0.717) is 0 Å². The third-order valence-corrected chi connectivity index (χ3v) is 1.47. The molecule has 1 rings (SSSR count). The second-order valence-electron chi connectivity index (χ2n) is 2.33. The van der Waals surface area contributed by atoms with Gasteiger partial charge in [-0.15, -0.1) is 0 Å². The Morgan fingerprint density at radius 3 is 2.58 bits per heavy atom. The van der Waals surface area contributed by atoms with Crippen LogP contribution in [0.3, 0.4) is 0 Å². The van der Waals surface area contributed by atoms with Crippen molar-refractivity contribution >= 4 is 5.78 Å². The van der Waals surface area contributed by atoms with Crippen LogP contribution in [0.25, 0.3) is 0 Å². The number of phenols is 2. The van der Waals surface area contributed by atoms with E-state index in [9.17, 15) is 4.79 Å². The molecule has 0 saturated heterocycles. The van der Waals surface area contributed by atoms with Crippen molar-refractivity contribution in [1.29, 1.82) is 0 Å². The number of phenolic OH excluding ortho intramolecular Hbond substituents is 2. The van der Waals surface area contributed by atoms with Gasteiger partial charge in [0.2, 0.25) is 0 Å². The van der Waals surface area contributed by atoms with E-state index in [2.05, 4.69) is 0 Å². The van der Waals surface area contributed by atoms with Crippen molar-refractivity contribution in [2.24, 2.45) is 5.73 Å². The fraction of sp³-hybridized carbons (Fsp3) is 0.125. The number of nitrogens with two attached hydrogens (primary N) is 1. The third kappa shape index (κ3) is 1.54. The highest BCUT2D eigenvalue weighted by molar-refractivity contribution is 5.99. The topological polar surface area (TPSA) is 83.6 Å². The van der Waals surface area contributed by atoms with Gasteiger partial charge < -0.3 is 15.9 Å². The lowest BCUT2D eigenvalue weighted by Crippen LogP contribution is -2.13. The van der Waals surface area contributed by atoms with Crippen LogP contribution in [0, 0.1) is 0 Å². The highest BCUT2D eigenvalue weighted by Gasteiger charge is 2.08. The minimum absolute atomic E-state index is 0.0823. The first kappa shape index (κ1) is 8.55. The molecule has 12 heavy (non-hydrogen) atoms. The van der Waals surface area contributed by atoms with Crippen LogP contribution in [0.4, 0.5) is 0 Å². The number of hydrogen-bond acceptors (Lipinski definition) is 4. The van der Waals surface area contributed by atoms with Gasteiger partial charge in [0.25, 0.3) is 0 Å². The van der Waals surface area contributed by atoms with Gasteiger partial charge in [0.05, 0.1) is 12.1 Å². The average Bonchev–Trinajstić information content (AvgIpc) is 2.03. The molecule has 0 saturated carbocycles. The highest BCUT2D eigenvalue weighted by Crippen LogP contribution is 2.22. The number of hydrogen-bond donors (Lipinski definition) is 3. The van der Waals surface area contributed by atoms with E-state index in [-0.39, 0.29) is 29.4 Å². The van der Waals surface area contributed by atoms with Crippen LogP contribution >= 0.6 is 0 Å². The summed E-state index contributed by atoms with van der Waals surface area (Å²) in [6.07, 6.45) is 0. The van der Waals surface area contributed by atoms with Crippen molar-refractivity contribution in [2.75, 3.05) is 6.54 Å². The first-order chi connectivity index (χ1) is 5.65. The summed E-state index contributed by atoms with van der Waals surface area (Å²) in [5.74, 6) is -0.681. The normalized spacial score (nSPS) is 9.75. The van der Waals surface area contributed by atoms with Crippen LogP contribution < -0.4 is 5.73 Å². The van der Waals surface area contributed by atoms with Gasteiger partial charge >= 0.3 is 0 Å². The lowest BCUT2D eigenvalue weighted by molar-refractivity contribution is 0.0999. The number of aromatic hydroxyl groups is 2. The minimum Gasteiger partial charge on any atom is -0.508 e. The zero-order chi connectivity index (χ0) is 9.14. The first-order valence-corrected chi connectivity index (χ1v) is 3.40. The Kier molecular flexibility index (Phi) is 2.30. The molecule has 0 heterocycles. The van der Waals surface area contributed by atoms with Crippen molar-refractivity contribution in [2.45, 2.75) is 0 Å². The zero-order valence-electron chi connectivity index (χ0n) is 6.32. The van der Waals surface area contributed by atoms with Crippen LogP contribution in [0.1, 0.15) is 10.4 Å². The summed E-state index contributed by atoms with van der Waals surface area (Å²) in [6, 6.07) is 3.76. The maximum atomic E-state index is 11.0. The molecule has 0 aromatic heterocycles. The Morgan fingerprint density at radius 2 is 2.08 bits per heavy atom. The molecular formula is C8H9NO3. The molecule has 0 amide bonds. The second kappa shape index (κ2) is 3.23. The number of carbonyl (C=O) groups is 1.